The zero-order valence-electron chi connectivity index (χ0n) is 11.2. The second kappa shape index (κ2) is 6.15. The van der Waals surface area contributed by atoms with E-state index >= 15 is 0 Å². The van der Waals surface area contributed by atoms with Crippen LogP contribution in [0.2, 0.25) is 0 Å². The highest BCUT2D eigenvalue weighted by Gasteiger charge is 2.11. The van der Waals surface area contributed by atoms with E-state index in [0.717, 1.165) is 10.4 Å². The van der Waals surface area contributed by atoms with Crippen molar-refractivity contribution in [3.05, 3.63) is 33.8 Å². The highest BCUT2D eigenvalue weighted by molar-refractivity contribution is 7.15. The maximum Gasteiger partial charge on any atom is 0.248 e. The molecule has 0 atom stereocenters. The van der Waals surface area contributed by atoms with Gasteiger partial charge in [-0.25, -0.2) is 4.98 Å². The van der Waals surface area contributed by atoms with Gasteiger partial charge in [0, 0.05) is 34.9 Å². The lowest BCUT2D eigenvalue weighted by molar-refractivity contribution is -0.116. The summed E-state index contributed by atoms with van der Waals surface area (Å²) in [5.74, 6) is 0.837. The number of hydrogen-bond donors (Lipinski definition) is 1. The van der Waals surface area contributed by atoms with Crippen LogP contribution < -0.4 is 5.32 Å². The molecule has 3 aromatic heterocycles. The van der Waals surface area contributed by atoms with Crippen molar-refractivity contribution in [2.75, 3.05) is 5.32 Å². The van der Waals surface area contributed by atoms with Crippen molar-refractivity contribution in [2.45, 2.75) is 19.8 Å². The van der Waals surface area contributed by atoms with Gasteiger partial charge in [-0.2, -0.15) is 11.3 Å². The smallest absolute Gasteiger partial charge is 0.248 e. The molecule has 1 amide bonds. The predicted molar refractivity (Wildman–Crippen MR) is 81.4 cm³/mol. The molecule has 1 N–H and O–H groups in total. The van der Waals surface area contributed by atoms with E-state index in [1.807, 2.05) is 23.8 Å². The summed E-state index contributed by atoms with van der Waals surface area (Å²) in [5.41, 5.74) is 0.904. The molecule has 0 fully saturated rings. The third-order valence-corrected chi connectivity index (χ3v) is 4.18. The van der Waals surface area contributed by atoms with E-state index in [4.69, 9.17) is 4.42 Å². The normalized spacial score (nSPS) is 10.7. The molecule has 0 saturated carbocycles. The first-order valence-electron chi connectivity index (χ1n) is 6.28. The van der Waals surface area contributed by atoms with Crippen LogP contribution >= 0.6 is 22.7 Å². The van der Waals surface area contributed by atoms with E-state index in [2.05, 4.69) is 20.5 Å². The van der Waals surface area contributed by atoms with Crippen molar-refractivity contribution in [3.8, 4) is 11.5 Å². The average molecular weight is 320 g/mol. The van der Waals surface area contributed by atoms with Crippen molar-refractivity contribution in [1.29, 1.82) is 0 Å². The van der Waals surface area contributed by atoms with Gasteiger partial charge in [0.1, 0.15) is 0 Å². The number of hydrogen-bond acceptors (Lipinski definition) is 7. The number of nitrogens with one attached hydrogen (secondary N) is 1. The summed E-state index contributed by atoms with van der Waals surface area (Å²) in [5, 5.41) is 15.2. The van der Waals surface area contributed by atoms with Crippen LogP contribution in [0.15, 0.2) is 27.4 Å². The minimum absolute atomic E-state index is 0.111. The minimum atomic E-state index is -0.111. The molecule has 0 unspecified atom stereocenters. The van der Waals surface area contributed by atoms with Gasteiger partial charge < -0.3 is 9.73 Å². The second-order valence-electron chi connectivity index (χ2n) is 4.34. The zero-order valence-corrected chi connectivity index (χ0v) is 12.8. The minimum Gasteiger partial charge on any atom is -0.421 e. The van der Waals surface area contributed by atoms with Crippen LogP contribution in [-0.4, -0.2) is 21.1 Å². The second-order valence-corrected chi connectivity index (χ2v) is 6.35. The van der Waals surface area contributed by atoms with E-state index in [9.17, 15) is 4.79 Å². The Morgan fingerprint density at radius 2 is 2.33 bits per heavy atom. The molecule has 0 aromatic carbocycles. The van der Waals surface area contributed by atoms with Crippen molar-refractivity contribution >= 4 is 33.7 Å². The maximum atomic E-state index is 11.8. The summed E-state index contributed by atoms with van der Waals surface area (Å²) in [6, 6.07) is 1.92. The molecular weight excluding hydrogens is 308 g/mol. The van der Waals surface area contributed by atoms with Crippen LogP contribution in [0.1, 0.15) is 17.2 Å². The summed E-state index contributed by atoms with van der Waals surface area (Å²) < 4.78 is 5.52. The van der Waals surface area contributed by atoms with Gasteiger partial charge in [0.2, 0.25) is 17.7 Å². The average Bonchev–Trinajstić information content (AvgIpc) is 3.17. The topological polar surface area (TPSA) is 80.9 Å². The van der Waals surface area contributed by atoms with Crippen LogP contribution in [0.3, 0.4) is 0 Å². The first kappa shape index (κ1) is 13.9. The van der Waals surface area contributed by atoms with Gasteiger partial charge in [0.05, 0.1) is 0 Å². The summed E-state index contributed by atoms with van der Waals surface area (Å²) in [6.45, 7) is 1.94. The molecule has 108 valence electrons. The third kappa shape index (κ3) is 3.53. The van der Waals surface area contributed by atoms with Crippen LogP contribution in [-0.2, 0) is 11.2 Å². The highest BCUT2D eigenvalue weighted by Crippen LogP contribution is 2.21. The maximum absolute atomic E-state index is 11.8. The van der Waals surface area contributed by atoms with Crippen LogP contribution in [0.25, 0.3) is 11.5 Å². The summed E-state index contributed by atoms with van der Waals surface area (Å²) in [7, 11) is 0. The number of aromatic nitrogens is 3. The zero-order chi connectivity index (χ0) is 14.7. The van der Waals surface area contributed by atoms with Crippen LogP contribution in [0.4, 0.5) is 5.13 Å². The fraction of sp³-hybridized carbons (Fsp3) is 0.231. The SMILES string of the molecule is Cc1cnc(NC(=O)CCc2nnc(-c3ccsc3)o2)s1. The number of anilines is 1. The fourth-order valence-electron chi connectivity index (χ4n) is 1.67. The summed E-state index contributed by atoms with van der Waals surface area (Å²) >= 11 is 3.01. The van der Waals surface area contributed by atoms with Crippen LogP contribution in [0, 0.1) is 6.92 Å². The van der Waals surface area contributed by atoms with Gasteiger partial charge in [-0.15, -0.1) is 21.5 Å². The molecule has 3 rings (SSSR count). The fourth-order valence-corrected chi connectivity index (χ4v) is 2.98. The largest absolute Gasteiger partial charge is 0.421 e. The number of aryl methyl sites for hydroxylation is 2. The Balaban J connectivity index is 1.54. The summed E-state index contributed by atoms with van der Waals surface area (Å²) in [6.07, 6.45) is 2.42. The van der Waals surface area contributed by atoms with Crippen molar-refractivity contribution in [1.82, 2.24) is 15.2 Å². The number of carbonyl (C=O) groups is 1. The highest BCUT2D eigenvalue weighted by atomic mass is 32.1. The van der Waals surface area contributed by atoms with Gasteiger partial charge in [0.15, 0.2) is 5.13 Å². The van der Waals surface area contributed by atoms with Crippen molar-refractivity contribution < 1.29 is 9.21 Å². The molecule has 0 aliphatic carbocycles. The molecule has 0 aliphatic heterocycles. The third-order valence-electron chi connectivity index (χ3n) is 2.67. The van der Waals surface area contributed by atoms with Gasteiger partial charge in [-0.1, -0.05) is 0 Å². The number of thiazole rings is 1. The van der Waals surface area contributed by atoms with Gasteiger partial charge in [-0.05, 0) is 18.4 Å². The lowest BCUT2D eigenvalue weighted by Gasteiger charge is -1.98. The van der Waals surface area contributed by atoms with Crippen LogP contribution in [0.5, 0.6) is 0 Å². The van der Waals surface area contributed by atoms with E-state index in [0.29, 0.717) is 23.3 Å². The number of thiophene rings is 1. The molecule has 21 heavy (non-hydrogen) atoms. The van der Waals surface area contributed by atoms with E-state index in [-0.39, 0.29) is 12.3 Å². The van der Waals surface area contributed by atoms with E-state index in [1.165, 1.54) is 11.3 Å². The Kier molecular flexibility index (Phi) is 4.07. The number of carbonyl (C=O) groups excluding carboxylic acids is 1. The summed E-state index contributed by atoms with van der Waals surface area (Å²) in [4.78, 5) is 16.9. The molecule has 8 heteroatoms. The lowest BCUT2D eigenvalue weighted by atomic mass is 10.3. The Morgan fingerprint density at radius 3 is 3.05 bits per heavy atom. The first-order valence-corrected chi connectivity index (χ1v) is 8.04. The lowest BCUT2D eigenvalue weighted by Crippen LogP contribution is -2.12. The Hall–Kier alpha value is -2.06. The van der Waals surface area contributed by atoms with Gasteiger partial charge >= 0.3 is 0 Å². The number of amides is 1. The van der Waals surface area contributed by atoms with Gasteiger partial charge in [-0.3, -0.25) is 4.79 Å². The molecule has 0 radical (unpaired) electrons. The van der Waals surface area contributed by atoms with Crippen molar-refractivity contribution in [2.24, 2.45) is 0 Å². The quantitative estimate of drug-likeness (QED) is 0.781. The molecule has 0 bridgehead atoms. The molecule has 6 nitrogen and oxygen atoms in total. The molecule has 0 aliphatic rings. The molecule has 0 spiro atoms. The molecular formula is C13H12N4O2S2. The number of rotatable bonds is 5. The van der Waals surface area contributed by atoms with E-state index < -0.39 is 0 Å². The standard InChI is InChI=1S/C13H12N4O2S2/c1-8-6-14-13(21-8)15-10(18)2-3-11-16-17-12(19-11)9-4-5-20-7-9/h4-7H,2-3H2,1H3,(H,14,15,18). The molecule has 0 saturated heterocycles. The number of nitrogens with zero attached hydrogens (tertiary/aromatic N) is 3. The predicted octanol–water partition coefficient (Wildman–Crippen LogP) is 3.13. The monoisotopic (exact) mass is 320 g/mol. The Bertz CT molecular complexity index is 733. The van der Waals surface area contributed by atoms with Gasteiger partial charge in [0.25, 0.3) is 0 Å². The molecule has 3 aromatic rings. The Morgan fingerprint density at radius 1 is 1.43 bits per heavy atom. The van der Waals surface area contributed by atoms with Crippen molar-refractivity contribution in [3.63, 3.8) is 0 Å². The Labute approximate surface area is 128 Å². The van der Waals surface area contributed by atoms with E-state index in [1.54, 1.807) is 17.5 Å². The first-order chi connectivity index (χ1) is 10.2. The molecule has 3 heterocycles.